The Bertz CT molecular complexity index is 296. The van der Waals surface area contributed by atoms with Crippen molar-refractivity contribution >= 4 is 11.3 Å². The van der Waals surface area contributed by atoms with E-state index in [1.54, 1.807) is 11.3 Å². The molecule has 1 heterocycles. The number of rotatable bonds is 5. The summed E-state index contributed by atoms with van der Waals surface area (Å²) in [5.74, 6) is 0. The molecule has 0 bridgehead atoms. The van der Waals surface area contributed by atoms with Gasteiger partial charge in [-0.3, -0.25) is 4.90 Å². The van der Waals surface area contributed by atoms with E-state index in [-0.39, 0.29) is 6.61 Å². The van der Waals surface area contributed by atoms with E-state index in [2.05, 4.69) is 9.88 Å². The second-order valence-electron chi connectivity index (χ2n) is 3.77. The van der Waals surface area contributed by atoms with E-state index < -0.39 is 0 Å². The van der Waals surface area contributed by atoms with Crippen molar-refractivity contribution in [3.05, 3.63) is 16.1 Å². The maximum absolute atomic E-state index is 8.94. The first-order chi connectivity index (χ1) is 6.79. The topological polar surface area (TPSA) is 36.4 Å². The Labute approximate surface area is 88.4 Å². The molecule has 1 aromatic heterocycles. The number of hydrogen-bond acceptors (Lipinski definition) is 4. The van der Waals surface area contributed by atoms with Crippen molar-refractivity contribution in [2.45, 2.75) is 32.4 Å². The molecule has 0 radical (unpaired) electrons. The van der Waals surface area contributed by atoms with Gasteiger partial charge in [-0.05, 0) is 19.8 Å². The van der Waals surface area contributed by atoms with Crippen LogP contribution in [0, 0.1) is 6.92 Å². The van der Waals surface area contributed by atoms with E-state index in [0.717, 1.165) is 18.1 Å². The smallest absolute Gasteiger partial charge is 0.0897 e. The van der Waals surface area contributed by atoms with Crippen LogP contribution in [0.1, 0.15) is 22.7 Å². The van der Waals surface area contributed by atoms with E-state index in [0.29, 0.717) is 6.04 Å². The Morgan fingerprint density at radius 1 is 1.64 bits per heavy atom. The molecule has 1 fully saturated rings. The van der Waals surface area contributed by atoms with E-state index in [1.807, 2.05) is 13.1 Å². The summed E-state index contributed by atoms with van der Waals surface area (Å²) in [5.41, 5.74) is 0. The first-order valence-corrected chi connectivity index (χ1v) is 5.87. The molecular formula is C10H16N2OS. The molecule has 1 aliphatic carbocycles. The van der Waals surface area contributed by atoms with Gasteiger partial charge in [0.15, 0.2) is 0 Å². The number of nitrogens with zero attached hydrogens (tertiary/aromatic N) is 2. The predicted octanol–water partition coefficient (Wildman–Crippen LogP) is 1.41. The molecule has 1 aliphatic rings. The Hall–Kier alpha value is -0.450. The number of aryl methyl sites for hydroxylation is 1. The highest BCUT2D eigenvalue weighted by molar-refractivity contribution is 7.11. The van der Waals surface area contributed by atoms with E-state index in [9.17, 15) is 0 Å². The van der Waals surface area contributed by atoms with Crippen LogP contribution in [-0.2, 0) is 6.54 Å². The van der Waals surface area contributed by atoms with Gasteiger partial charge < -0.3 is 5.11 Å². The molecule has 0 aliphatic heterocycles. The van der Waals surface area contributed by atoms with Crippen LogP contribution in [0.15, 0.2) is 6.20 Å². The third-order valence-electron chi connectivity index (χ3n) is 2.48. The Morgan fingerprint density at radius 2 is 2.43 bits per heavy atom. The highest BCUT2D eigenvalue weighted by atomic mass is 32.1. The minimum Gasteiger partial charge on any atom is -0.395 e. The van der Waals surface area contributed by atoms with Crippen molar-refractivity contribution in [2.24, 2.45) is 0 Å². The number of aliphatic hydroxyl groups excluding tert-OH is 1. The van der Waals surface area contributed by atoms with Crippen LogP contribution in [-0.4, -0.2) is 34.2 Å². The summed E-state index contributed by atoms with van der Waals surface area (Å²) in [6, 6.07) is 0.713. The molecule has 1 saturated carbocycles. The zero-order valence-corrected chi connectivity index (χ0v) is 9.26. The summed E-state index contributed by atoms with van der Waals surface area (Å²) in [5, 5.41) is 10.1. The molecule has 0 amide bonds. The zero-order valence-electron chi connectivity index (χ0n) is 8.44. The van der Waals surface area contributed by atoms with Crippen LogP contribution < -0.4 is 0 Å². The lowest BCUT2D eigenvalue weighted by Crippen LogP contribution is -2.28. The maximum atomic E-state index is 8.94. The minimum absolute atomic E-state index is 0.258. The summed E-state index contributed by atoms with van der Waals surface area (Å²) in [4.78, 5) is 7.90. The van der Waals surface area contributed by atoms with Crippen molar-refractivity contribution in [3.8, 4) is 0 Å². The quantitative estimate of drug-likeness (QED) is 0.801. The number of thiazole rings is 1. The Kier molecular flexibility index (Phi) is 3.15. The van der Waals surface area contributed by atoms with Crippen molar-refractivity contribution < 1.29 is 5.11 Å². The Morgan fingerprint density at radius 3 is 2.93 bits per heavy atom. The van der Waals surface area contributed by atoms with Crippen LogP contribution >= 0.6 is 11.3 Å². The average molecular weight is 212 g/mol. The van der Waals surface area contributed by atoms with E-state index in [1.165, 1.54) is 17.7 Å². The summed E-state index contributed by atoms with van der Waals surface area (Å²) < 4.78 is 0. The van der Waals surface area contributed by atoms with Crippen molar-refractivity contribution in [1.29, 1.82) is 0 Å². The van der Waals surface area contributed by atoms with E-state index >= 15 is 0 Å². The second kappa shape index (κ2) is 4.38. The third kappa shape index (κ3) is 2.53. The minimum atomic E-state index is 0.258. The molecule has 4 heteroatoms. The largest absolute Gasteiger partial charge is 0.395 e. The summed E-state index contributed by atoms with van der Waals surface area (Å²) in [6.45, 7) is 4.04. The molecule has 78 valence electrons. The van der Waals surface area contributed by atoms with Gasteiger partial charge >= 0.3 is 0 Å². The number of aliphatic hydroxyl groups is 1. The lowest BCUT2D eigenvalue weighted by atomic mass is 10.4. The molecule has 0 atom stereocenters. The fourth-order valence-electron chi connectivity index (χ4n) is 1.64. The van der Waals surface area contributed by atoms with Gasteiger partial charge in [0.1, 0.15) is 0 Å². The lowest BCUT2D eigenvalue weighted by molar-refractivity contribution is 0.184. The standard InChI is InChI=1S/C10H16N2OS/c1-8-11-6-10(14-8)7-12(4-5-13)9-2-3-9/h6,9,13H,2-5,7H2,1H3. The van der Waals surface area contributed by atoms with Crippen LogP contribution in [0.2, 0.25) is 0 Å². The van der Waals surface area contributed by atoms with Gasteiger partial charge in [-0.15, -0.1) is 11.3 Å². The van der Waals surface area contributed by atoms with Gasteiger partial charge in [0.2, 0.25) is 0 Å². The molecule has 3 nitrogen and oxygen atoms in total. The molecule has 2 rings (SSSR count). The molecule has 0 aromatic carbocycles. The maximum Gasteiger partial charge on any atom is 0.0897 e. The predicted molar refractivity (Wildman–Crippen MR) is 57.4 cm³/mol. The normalized spacial score (nSPS) is 16.5. The lowest BCUT2D eigenvalue weighted by Gasteiger charge is -2.19. The highest BCUT2D eigenvalue weighted by Gasteiger charge is 2.28. The second-order valence-corrected chi connectivity index (χ2v) is 5.09. The summed E-state index contributed by atoms with van der Waals surface area (Å²) in [6.07, 6.45) is 4.53. The molecule has 1 N–H and O–H groups in total. The monoisotopic (exact) mass is 212 g/mol. The van der Waals surface area contributed by atoms with Gasteiger partial charge in [0.25, 0.3) is 0 Å². The molecular weight excluding hydrogens is 196 g/mol. The number of aromatic nitrogens is 1. The van der Waals surface area contributed by atoms with E-state index in [4.69, 9.17) is 5.11 Å². The Balaban J connectivity index is 1.92. The van der Waals surface area contributed by atoms with Gasteiger partial charge in [0.05, 0.1) is 11.6 Å². The molecule has 0 saturated heterocycles. The summed E-state index contributed by atoms with van der Waals surface area (Å²) in [7, 11) is 0. The molecule has 0 spiro atoms. The first-order valence-electron chi connectivity index (χ1n) is 5.06. The molecule has 14 heavy (non-hydrogen) atoms. The van der Waals surface area contributed by atoms with Gasteiger partial charge in [-0.1, -0.05) is 0 Å². The van der Waals surface area contributed by atoms with Crippen LogP contribution in [0.3, 0.4) is 0 Å². The van der Waals surface area contributed by atoms with Gasteiger partial charge in [0, 0.05) is 30.2 Å². The molecule has 1 aromatic rings. The number of hydrogen-bond donors (Lipinski definition) is 1. The van der Waals surface area contributed by atoms with Crippen LogP contribution in [0.4, 0.5) is 0 Å². The zero-order chi connectivity index (χ0) is 9.97. The fraction of sp³-hybridized carbons (Fsp3) is 0.700. The van der Waals surface area contributed by atoms with Gasteiger partial charge in [-0.2, -0.15) is 0 Å². The average Bonchev–Trinajstić information content (AvgIpc) is 2.91. The van der Waals surface area contributed by atoms with Crippen LogP contribution in [0.25, 0.3) is 0 Å². The van der Waals surface area contributed by atoms with Crippen LogP contribution in [0.5, 0.6) is 0 Å². The van der Waals surface area contributed by atoms with Gasteiger partial charge in [-0.25, -0.2) is 4.98 Å². The molecule has 0 unspecified atom stereocenters. The van der Waals surface area contributed by atoms with Crippen molar-refractivity contribution in [1.82, 2.24) is 9.88 Å². The van der Waals surface area contributed by atoms with Crippen molar-refractivity contribution in [3.63, 3.8) is 0 Å². The summed E-state index contributed by atoms with van der Waals surface area (Å²) >= 11 is 1.75. The third-order valence-corrected chi connectivity index (χ3v) is 3.38. The van der Waals surface area contributed by atoms with Crippen molar-refractivity contribution in [2.75, 3.05) is 13.2 Å². The fourth-order valence-corrected chi connectivity index (χ4v) is 2.46. The SMILES string of the molecule is Cc1ncc(CN(CCO)C2CC2)s1. The highest BCUT2D eigenvalue weighted by Crippen LogP contribution is 2.28. The first kappa shape index (κ1) is 10.1.